The summed E-state index contributed by atoms with van der Waals surface area (Å²) in [6.07, 6.45) is 2.98. The maximum Gasteiger partial charge on any atom is 0.407 e. The van der Waals surface area contributed by atoms with E-state index >= 15 is 0 Å². The zero-order valence-electron chi connectivity index (χ0n) is 26.5. The second-order valence-electron chi connectivity index (χ2n) is 13.0. The number of nitrogens with one attached hydrogen (secondary N) is 1. The maximum atomic E-state index is 12.4. The monoisotopic (exact) mass is 610 g/mol. The van der Waals surface area contributed by atoms with Gasteiger partial charge in [0, 0.05) is 38.9 Å². The van der Waals surface area contributed by atoms with Crippen LogP contribution in [0.2, 0.25) is 25.7 Å². The molecule has 0 aliphatic carbocycles. The number of pyridine rings is 1. The second-order valence-corrected chi connectivity index (χ2v) is 18.7. The van der Waals surface area contributed by atoms with Crippen molar-refractivity contribution in [2.24, 2.45) is 5.92 Å². The number of rotatable bonds is 15. The first kappa shape index (κ1) is 33.9. The molecule has 1 amide bonds. The molecule has 2 N–H and O–H groups in total. The summed E-state index contributed by atoms with van der Waals surface area (Å²) < 4.78 is 12.8. The molecule has 2 atom stereocenters. The Morgan fingerprint density at radius 2 is 1.77 bits per heavy atom. The van der Waals surface area contributed by atoms with Crippen molar-refractivity contribution in [1.82, 2.24) is 30.5 Å². The molecule has 43 heavy (non-hydrogen) atoms. The highest BCUT2D eigenvalue weighted by atomic mass is 28.3. The molecule has 0 bridgehead atoms. The van der Waals surface area contributed by atoms with E-state index in [9.17, 15) is 14.7 Å². The number of ether oxygens (including phenoxy) is 2. The molecule has 0 unspecified atom stereocenters. The van der Waals surface area contributed by atoms with E-state index in [1.54, 1.807) is 10.9 Å². The summed E-state index contributed by atoms with van der Waals surface area (Å²) in [6.45, 7) is 15.5. The van der Waals surface area contributed by atoms with Gasteiger partial charge in [-0.3, -0.25) is 9.78 Å². The summed E-state index contributed by atoms with van der Waals surface area (Å²) in [6, 6.07) is 12.7. The lowest BCUT2D eigenvalue weighted by atomic mass is 9.83. The molecule has 12 heteroatoms. The zero-order valence-corrected chi connectivity index (χ0v) is 27.5. The van der Waals surface area contributed by atoms with Crippen molar-refractivity contribution in [2.45, 2.75) is 97.4 Å². The quantitative estimate of drug-likeness (QED) is 0.159. The second kappa shape index (κ2) is 15.2. The topological polar surface area (TPSA) is 141 Å². The molecule has 234 valence electrons. The van der Waals surface area contributed by atoms with E-state index < -0.39 is 37.6 Å². The number of carbonyl (C=O) groups excluding carboxylic acids is 1. The Hall–Kier alpha value is -3.64. The normalized spacial score (nSPS) is 13.4. The number of aromatic nitrogens is 5. The molecule has 0 saturated heterocycles. The number of tetrazole rings is 1. The van der Waals surface area contributed by atoms with Crippen LogP contribution in [0.4, 0.5) is 4.79 Å². The molecule has 1 aromatic carbocycles. The van der Waals surface area contributed by atoms with E-state index in [1.807, 2.05) is 64.1 Å². The zero-order chi connectivity index (χ0) is 31.6. The number of hydrogen-bond donors (Lipinski definition) is 2. The van der Waals surface area contributed by atoms with Gasteiger partial charge in [-0.2, -0.15) is 0 Å². The Balaban J connectivity index is 1.72. The molecular formula is C31H46N6O5Si. The molecule has 0 radical (unpaired) electrons. The van der Waals surface area contributed by atoms with Gasteiger partial charge in [0.25, 0.3) is 0 Å². The third-order valence-corrected chi connectivity index (χ3v) is 8.57. The van der Waals surface area contributed by atoms with Crippen molar-refractivity contribution in [3.63, 3.8) is 0 Å². The summed E-state index contributed by atoms with van der Waals surface area (Å²) in [5.74, 6) is -1.46. The Bertz CT molecular complexity index is 1320. The van der Waals surface area contributed by atoms with Crippen LogP contribution in [0.5, 0.6) is 0 Å². The maximum absolute atomic E-state index is 12.4. The third-order valence-electron chi connectivity index (χ3n) is 6.87. The minimum atomic E-state index is -1.25. The van der Waals surface area contributed by atoms with Gasteiger partial charge in [0.1, 0.15) is 12.3 Å². The number of nitrogens with zero attached hydrogens (tertiary/aromatic N) is 5. The van der Waals surface area contributed by atoms with E-state index in [-0.39, 0.29) is 6.73 Å². The number of hydrogen-bond acceptors (Lipinski definition) is 8. The predicted octanol–water partition coefficient (Wildman–Crippen LogP) is 5.90. The van der Waals surface area contributed by atoms with Crippen LogP contribution in [0.15, 0.2) is 42.6 Å². The van der Waals surface area contributed by atoms with Crippen LogP contribution < -0.4 is 5.32 Å². The van der Waals surface area contributed by atoms with Gasteiger partial charge in [0.15, 0.2) is 5.82 Å². The number of aliphatic carboxylic acids is 1. The van der Waals surface area contributed by atoms with Crippen LogP contribution in [0.3, 0.4) is 0 Å². The smallest absolute Gasteiger partial charge is 0.407 e. The van der Waals surface area contributed by atoms with E-state index in [0.29, 0.717) is 31.8 Å². The number of carboxylic acids is 1. The highest BCUT2D eigenvalue weighted by molar-refractivity contribution is 6.76. The molecule has 2 aromatic heterocycles. The lowest BCUT2D eigenvalue weighted by molar-refractivity contribution is -0.143. The average molecular weight is 611 g/mol. The Labute approximate surface area is 255 Å². The van der Waals surface area contributed by atoms with Gasteiger partial charge in [-0.1, -0.05) is 63.3 Å². The predicted molar refractivity (Wildman–Crippen MR) is 167 cm³/mol. The highest BCUT2D eigenvalue weighted by Gasteiger charge is 2.33. The van der Waals surface area contributed by atoms with Crippen molar-refractivity contribution < 1.29 is 24.2 Å². The summed E-state index contributed by atoms with van der Waals surface area (Å²) in [7, 11) is -1.25. The Morgan fingerprint density at radius 3 is 2.35 bits per heavy atom. The number of carboxylic acid groups (broad SMARTS) is 1. The molecule has 3 aromatic rings. The van der Waals surface area contributed by atoms with Crippen LogP contribution in [0, 0.1) is 5.92 Å². The lowest BCUT2D eigenvalue weighted by Crippen LogP contribution is -2.32. The number of benzene rings is 1. The largest absolute Gasteiger partial charge is 0.481 e. The first-order valence-corrected chi connectivity index (χ1v) is 18.5. The van der Waals surface area contributed by atoms with Gasteiger partial charge in [0.05, 0.1) is 11.6 Å². The van der Waals surface area contributed by atoms with Gasteiger partial charge >= 0.3 is 12.1 Å². The lowest BCUT2D eigenvalue weighted by Gasteiger charge is -2.23. The summed E-state index contributed by atoms with van der Waals surface area (Å²) >= 11 is 0. The van der Waals surface area contributed by atoms with E-state index in [4.69, 9.17) is 9.47 Å². The minimum absolute atomic E-state index is 0.183. The van der Waals surface area contributed by atoms with E-state index in [1.165, 1.54) is 0 Å². The molecule has 0 aliphatic heterocycles. The van der Waals surface area contributed by atoms with Crippen molar-refractivity contribution in [1.29, 1.82) is 0 Å². The SMILES string of the molecule is CCC[C@H](C(=O)O)[C@H](Cc1ccc(-c2ccc(CNC(=O)OC(C)(C)C)cc2)nc1)c1nnnn1COCC[Si](C)(C)C. The summed E-state index contributed by atoms with van der Waals surface area (Å²) in [4.78, 5) is 29.0. The van der Waals surface area contributed by atoms with Crippen LogP contribution in [-0.4, -0.2) is 62.6 Å². The number of carbonyl (C=O) groups is 2. The fraction of sp³-hybridized carbons (Fsp3) is 0.548. The molecule has 3 rings (SSSR count). The van der Waals surface area contributed by atoms with Gasteiger partial charge < -0.3 is 19.9 Å². The molecule has 2 heterocycles. The Morgan fingerprint density at radius 1 is 1.07 bits per heavy atom. The third kappa shape index (κ3) is 11.2. The molecule has 0 fully saturated rings. The van der Waals surface area contributed by atoms with Crippen LogP contribution in [0.25, 0.3) is 11.3 Å². The highest BCUT2D eigenvalue weighted by Crippen LogP contribution is 2.31. The van der Waals surface area contributed by atoms with Crippen LogP contribution >= 0.6 is 0 Å². The van der Waals surface area contributed by atoms with Crippen molar-refractivity contribution >= 4 is 20.1 Å². The van der Waals surface area contributed by atoms with Gasteiger partial charge in [-0.25, -0.2) is 9.48 Å². The molecule has 11 nitrogen and oxygen atoms in total. The van der Waals surface area contributed by atoms with Crippen molar-refractivity contribution in [2.75, 3.05) is 6.61 Å². The van der Waals surface area contributed by atoms with Crippen LogP contribution in [-0.2, 0) is 34.0 Å². The summed E-state index contributed by atoms with van der Waals surface area (Å²) in [5, 5.41) is 25.1. The first-order chi connectivity index (χ1) is 20.3. The van der Waals surface area contributed by atoms with Crippen molar-refractivity contribution in [3.8, 4) is 11.3 Å². The Kier molecular flexibility index (Phi) is 12.0. The summed E-state index contributed by atoms with van der Waals surface area (Å²) in [5.41, 5.74) is 3.00. The molecule has 0 aliphatic rings. The molecule has 0 spiro atoms. The van der Waals surface area contributed by atoms with Crippen molar-refractivity contribution in [3.05, 3.63) is 59.5 Å². The minimum Gasteiger partial charge on any atom is -0.481 e. The number of alkyl carbamates (subject to hydrolysis) is 1. The van der Waals surface area contributed by atoms with Gasteiger partial charge in [-0.05, 0) is 67.3 Å². The average Bonchev–Trinajstić information content (AvgIpc) is 3.39. The molecule has 0 saturated carbocycles. The number of amides is 1. The van der Waals surface area contributed by atoms with E-state index in [2.05, 4.69) is 45.5 Å². The first-order valence-electron chi connectivity index (χ1n) is 14.8. The van der Waals surface area contributed by atoms with Gasteiger partial charge in [-0.15, -0.1) is 5.10 Å². The molecular weight excluding hydrogens is 564 g/mol. The van der Waals surface area contributed by atoms with Gasteiger partial charge in [0.2, 0.25) is 0 Å². The fourth-order valence-electron chi connectivity index (χ4n) is 4.57. The fourth-order valence-corrected chi connectivity index (χ4v) is 5.33. The van der Waals surface area contributed by atoms with Crippen LogP contribution in [0.1, 0.15) is 63.4 Å². The van der Waals surface area contributed by atoms with E-state index in [0.717, 1.165) is 34.8 Å². The standard InChI is InChI=1S/C31H46N6O5Si/c1-8-9-25(29(38)39)26(28-34-35-36-37(28)21-41-16-17-43(5,6)7)18-23-12-15-27(32-20-23)24-13-10-22(11-14-24)19-33-30(40)42-31(2,3)4/h10-15,20,25-26H,8-9,16-19,21H2,1-7H3,(H,33,40)(H,38,39)/t25-,26-/m0/s1.